The van der Waals surface area contributed by atoms with Gasteiger partial charge in [-0.3, -0.25) is 9.69 Å². The van der Waals surface area contributed by atoms with Gasteiger partial charge in [0.1, 0.15) is 0 Å². The van der Waals surface area contributed by atoms with Crippen molar-refractivity contribution in [3.8, 4) is 0 Å². The van der Waals surface area contributed by atoms with Gasteiger partial charge in [0.15, 0.2) is 0 Å². The number of rotatable bonds is 4. The summed E-state index contributed by atoms with van der Waals surface area (Å²) in [5, 5.41) is 8.13. The average Bonchev–Trinajstić information content (AvgIpc) is 3.24. The summed E-state index contributed by atoms with van der Waals surface area (Å²) < 4.78 is 5.62. The summed E-state index contributed by atoms with van der Waals surface area (Å²) in [6.45, 7) is 7.86. The molecule has 3 heterocycles. The Morgan fingerprint density at radius 3 is 2.68 bits per heavy atom. The SMILES string of the molecule is CCC(=O)N1CCCC1C1CCCN1C(C)c1nnc(C)o1. The van der Waals surface area contributed by atoms with Crippen LogP contribution in [0, 0.1) is 6.92 Å². The van der Waals surface area contributed by atoms with Crippen LogP contribution in [0.4, 0.5) is 0 Å². The standard InChI is InChI=1S/C16H26N4O2/c1-4-15(21)20-10-6-8-14(20)13-7-5-9-19(13)11(2)16-18-17-12(3)22-16/h11,13-14H,4-10H2,1-3H3. The Hall–Kier alpha value is -1.43. The third-order valence-corrected chi connectivity index (χ3v) is 5.10. The van der Waals surface area contributed by atoms with Crippen molar-refractivity contribution < 1.29 is 9.21 Å². The van der Waals surface area contributed by atoms with E-state index >= 15 is 0 Å². The fraction of sp³-hybridized carbons (Fsp3) is 0.812. The number of hydrogen-bond acceptors (Lipinski definition) is 5. The molecule has 122 valence electrons. The average molecular weight is 306 g/mol. The minimum atomic E-state index is 0.118. The van der Waals surface area contributed by atoms with E-state index in [1.807, 2.05) is 13.8 Å². The zero-order valence-electron chi connectivity index (χ0n) is 13.8. The molecule has 3 atom stereocenters. The molecule has 1 aromatic rings. The first-order valence-electron chi connectivity index (χ1n) is 8.47. The Bertz CT molecular complexity index is 530. The van der Waals surface area contributed by atoms with E-state index in [0.29, 0.717) is 30.3 Å². The summed E-state index contributed by atoms with van der Waals surface area (Å²) in [7, 11) is 0. The number of carbonyl (C=O) groups is 1. The molecule has 2 fully saturated rings. The van der Waals surface area contributed by atoms with Gasteiger partial charge < -0.3 is 9.32 Å². The Labute approximate surface area is 131 Å². The summed E-state index contributed by atoms with van der Waals surface area (Å²) in [6, 6.07) is 0.884. The maximum absolute atomic E-state index is 12.2. The fourth-order valence-electron chi connectivity index (χ4n) is 4.04. The van der Waals surface area contributed by atoms with E-state index in [2.05, 4.69) is 26.9 Å². The third-order valence-electron chi connectivity index (χ3n) is 5.10. The van der Waals surface area contributed by atoms with E-state index in [-0.39, 0.29) is 11.9 Å². The molecule has 0 bridgehead atoms. The number of aromatic nitrogens is 2. The molecule has 1 amide bonds. The number of amides is 1. The number of likely N-dealkylation sites (tertiary alicyclic amines) is 2. The lowest BCUT2D eigenvalue weighted by molar-refractivity contribution is -0.132. The van der Waals surface area contributed by atoms with E-state index in [0.717, 1.165) is 32.4 Å². The molecule has 0 saturated carbocycles. The van der Waals surface area contributed by atoms with Crippen LogP contribution in [0.3, 0.4) is 0 Å². The lowest BCUT2D eigenvalue weighted by atomic mass is 10.0. The first kappa shape index (κ1) is 15.5. The zero-order valence-corrected chi connectivity index (χ0v) is 13.8. The molecule has 2 aliphatic rings. The maximum Gasteiger partial charge on any atom is 0.233 e. The minimum Gasteiger partial charge on any atom is -0.424 e. The van der Waals surface area contributed by atoms with Crippen molar-refractivity contribution >= 4 is 5.91 Å². The van der Waals surface area contributed by atoms with Gasteiger partial charge in [-0.1, -0.05) is 6.92 Å². The van der Waals surface area contributed by atoms with Crippen molar-refractivity contribution in [3.05, 3.63) is 11.8 Å². The predicted molar refractivity (Wildman–Crippen MR) is 82.2 cm³/mol. The minimum absolute atomic E-state index is 0.118. The van der Waals surface area contributed by atoms with Crippen molar-refractivity contribution in [2.24, 2.45) is 0 Å². The summed E-state index contributed by atoms with van der Waals surface area (Å²) in [4.78, 5) is 16.8. The van der Waals surface area contributed by atoms with Gasteiger partial charge in [-0.2, -0.15) is 0 Å². The molecule has 0 radical (unpaired) electrons. The fourth-order valence-corrected chi connectivity index (χ4v) is 4.04. The van der Waals surface area contributed by atoms with Gasteiger partial charge in [-0.25, -0.2) is 0 Å². The van der Waals surface area contributed by atoms with E-state index in [1.54, 1.807) is 0 Å². The molecule has 1 aromatic heterocycles. The number of hydrogen-bond donors (Lipinski definition) is 0. The highest BCUT2D eigenvalue weighted by atomic mass is 16.4. The van der Waals surface area contributed by atoms with E-state index in [1.165, 1.54) is 6.42 Å². The largest absolute Gasteiger partial charge is 0.424 e. The summed E-state index contributed by atoms with van der Waals surface area (Å²) in [5.74, 6) is 1.59. The molecule has 0 N–H and O–H groups in total. The van der Waals surface area contributed by atoms with Crippen LogP contribution in [-0.4, -0.2) is 51.1 Å². The Kier molecular flexibility index (Phi) is 4.47. The van der Waals surface area contributed by atoms with Gasteiger partial charge in [0.05, 0.1) is 6.04 Å². The van der Waals surface area contributed by atoms with Gasteiger partial charge in [0, 0.05) is 32.0 Å². The molecule has 0 aliphatic carbocycles. The highest BCUT2D eigenvalue weighted by Crippen LogP contribution is 2.35. The summed E-state index contributed by atoms with van der Waals surface area (Å²) in [6.07, 6.45) is 5.15. The maximum atomic E-state index is 12.2. The van der Waals surface area contributed by atoms with E-state index < -0.39 is 0 Å². The molecular formula is C16H26N4O2. The number of aryl methyl sites for hydroxylation is 1. The summed E-state index contributed by atoms with van der Waals surface area (Å²) >= 11 is 0. The van der Waals surface area contributed by atoms with Gasteiger partial charge in [-0.05, 0) is 39.2 Å². The molecule has 0 spiro atoms. The van der Waals surface area contributed by atoms with E-state index in [4.69, 9.17) is 4.42 Å². The molecule has 6 heteroatoms. The third kappa shape index (κ3) is 2.76. The van der Waals surface area contributed by atoms with Crippen molar-refractivity contribution in [2.75, 3.05) is 13.1 Å². The molecule has 0 aromatic carbocycles. The molecule has 3 rings (SSSR count). The molecule has 3 unspecified atom stereocenters. The lowest BCUT2D eigenvalue weighted by Crippen LogP contribution is -2.48. The van der Waals surface area contributed by atoms with Crippen LogP contribution in [0.2, 0.25) is 0 Å². The van der Waals surface area contributed by atoms with E-state index in [9.17, 15) is 4.79 Å². The van der Waals surface area contributed by atoms with Crippen LogP contribution < -0.4 is 0 Å². The topological polar surface area (TPSA) is 62.5 Å². The van der Waals surface area contributed by atoms with Gasteiger partial charge in [0.25, 0.3) is 0 Å². The molecule has 6 nitrogen and oxygen atoms in total. The monoisotopic (exact) mass is 306 g/mol. The number of nitrogens with zero attached hydrogens (tertiary/aromatic N) is 4. The summed E-state index contributed by atoms with van der Waals surface area (Å²) in [5.41, 5.74) is 0. The van der Waals surface area contributed by atoms with Crippen LogP contribution in [0.5, 0.6) is 0 Å². The second kappa shape index (κ2) is 6.36. The second-order valence-electron chi connectivity index (χ2n) is 6.43. The van der Waals surface area contributed by atoms with Crippen LogP contribution in [-0.2, 0) is 4.79 Å². The highest BCUT2D eigenvalue weighted by molar-refractivity contribution is 5.76. The lowest BCUT2D eigenvalue weighted by Gasteiger charge is -2.37. The van der Waals surface area contributed by atoms with Crippen LogP contribution in [0.1, 0.15) is 63.8 Å². The van der Waals surface area contributed by atoms with Gasteiger partial charge >= 0.3 is 0 Å². The first-order valence-corrected chi connectivity index (χ1v) is 8.47. The predicted octanol–water partition coefficient (Wildman–Crippen LogP) is 2.30. The highest BCUT2D eigenvalue weighted by Gasteiger charge is 2.41. The van der Waals surface area contributed by atoms with Crippen LogP contribution in [0.15, 0.2) is 4.42 Å². The molecular weight excluding hydrogens is 280 g/mol. The number of carbonyl (C=O) groups excluding carboxylic acids is 1. The smallest absolute Gasteiger partial charge is 0.233 e. The quantitative estimate of drug-likeness (QED) is 0.854. The van der Waals surface area contributed by atoms with Crippen molar-refractivity contribution in [2.45, 2.75) is 71.0 Å². The Morgan fingerprint density at radius 1 is 1.27 bits per heavy atom. The zero-order chi connectivity index (χ0) is 15.7. The normalized spacial score (nSPS) is 27.5. The Morgan fingerprint density at radius 2 is 2.00 bits per heavy atom. The molecule has 22 heavy (non-hydrogen) atoms. The molecule has 2 aliphatic heterocycles. The first-order chi connectivity index (χ1) is 10.6. The second-order valence-corrected chi connectivity index (χ2v) is 6.43. The molecule has 2 saturated heterocycles. The van der Waals surface area contributed by atoms with Gasteiger partial charge in [-0.15, -0.1) is 10.2 Å². The van der Waals surface area contributed by atoms with Crippen molar-refractivity contribution in [3.63, 3.8) is 0 Å². The van der Waals surface area contributed by atoms with Crippen LogP contribution >= 0.6 is 0 Å². The van der Waals surface area contributed by atoms with Crippen molar-refractivity contribution in [1.29, 1.82) is 0 Å². The van der Waals surface area contributed by atoms with Gasteiger partial charge in [0.2, 0.25) is 17.7 Å². The Balaban J connectivity index is 1.76. The van der Waals surface area contributed by atoms with Crippen molar-refractivity contribution in [1.82, 2.24) is 20.0 Å². The van der Waals surface area contributed by atoms with Crippen LogP contribution in [0.25, 0.3) is 0 Å².